The van der Waals surface area contributed by atoms with E-state index in [9.17, 15) is 14.4 Å². The van der Waals surface area contributed by atoms with Crippen LogP contribution in [0.5, 0.6) is 0 Å². The van der Waals surface area contributed by atoms with E-state index in [1.54, 1.807) is 0 Å². The lowest BCUT2D eigenvalue weighted by Gasteiger charge is -2.10. The van der Waals surface area contributed by atoms with Crippen LogP contribution in [0.4, 0.5) is 0 Å². The van der Waals surface area contributed by atoms with Gasteiger partial charge in [-0.2, -0.15) is 8.75 Å². The van der Waals surface area contributed by atoms with Gasteiger partial charge in [-0.1, -0.05) is 0 Å². The molecule has 1 atom stereocenters. The van der Waals surface area contributed by atoms with Gasteiger partial charge in [0.25, 0.3) is 5.91 Å². The molecule has 0 aliphatic carbocycles. The predicted molar refractivity (Wildman–Crippen MR) is 51.1 cm³/mol. The van der Waals surface area contributed by atoms with Crippen LogP contribution in [-0.2, 0) is 9.59 Å². The summed E-state index contributed by atoms with van der Waals surface area (Å²) in [6, 6.07) is -1.48. The number of hydrogen-bond acceptors (Lipinski definition) is 6. The highest BCUT2D eigenvalue weighted by molar-refractivity contribution is 6.99. The van der Waals surface area contributed by atoms with Crippen LogP contribution in [-0.4, -0.2) is 42.8 Å². The summed E-state index contributed by atoms with van der Waals surface area (Å²) in [4.78, 5) is 32.3. The van der Waals surface area contributed by atoms with Gasteiger partial charge < -0.3 is 15.5 Å². The van der Waals surface area contributed by atoms with E-state index in [2.05, 4.69) is 8.75 Å². The van der Waals surface area contributed by atoms with Crippen LogP contribution in [0.15, 0.2) is 6.20 Å². The molecular weight excluding hydrogens is 238 g/mol. The van der Waals surface area contributed by atoms with Gasteiger partial charge in [0.2, 0.25) is 0 Å². The molecular formula is C7H7N3O5S. The van der Waals surface area contributed by atoms with E-state index in [0.29, 0.717) is 0 Å². The first-order valence-electron chi connectivity index (χ1n) is 4.03. The van der Waals surface area contributed by atoms with Gasteiger partial charge in [0.1, 0.15) is 6.04 Å². The standard InChI is InChI=1S/C7H7N3O5S/c11-5(12)1-3(7(14)15)9-6(13)4-2-8-16-10-4/h2-3H,1H2,(H,9,13)(H,11,12)(H,14,15)/t3-/m0/s1. The van der Waals surface area contributed by atoms with Crippen LogP contribution < -0.4 is 5.32 Å². The largest absolute Gasteiger partial charge is 0.481 e. The van der Waals surface area contributed by atoms with E-state index in [-0.39, 0.29) is 5.69 Å². The molecule has 0 saturated carbocycles. The zero-order valence-corrected chi connectivity index (χ0v) is 8.60. The third-order valence-corrected chi connectivity index (χ3v) is 2.05. The lowest BCUT2D eigenvalue weighted by Crippen LogP contribution is -2.42. The molecule has 16 heavy (non-hydrogen) atoms. The fourth-order valence-electron chi connectivity index (χ4n) is 0.872. The van der Waals surface area contributed by atoms with E-state index in [1.807, 2.05) is 5.32 Å². The Hall–Kier alpha value is -2.03. The van der Waals surface area contributed by atoms with Crippen molar-refractivity contribution in [1.82, 2.24) is 14.1 Å². The zero-order valence-electron chi connectivity index (χ0n) is 7.78. The van der Waals surface area contributed by atoms with Crippen LogP contribution in [0.1, 0.15) is 16.9 Å². The maximum atomic E-state index is 11.3. The topological polar surface area (TPSA) is 129 Å². The highest BCUT2D eigenvalue weighted by Gasteiger charge is 2.24. The number of aromatic nitrogens is 2. The van der Waals surface area contributed by atoms with Crippen molar-refractivity contribution in [3.8, 4) is 0 Å². The Balaban J connectivity index is 2.65. The molecule has 1 heterocycles. The summed E-state index contributed by atoms with van der Waals surface area (Å²) in [6.07, 6.45) is 0.471. The minimum Gasteiger partial charge on any atom is -0.481 e. The Morgan fingerprint density at radius 2 is 2.12 bits per heavy atom. The van der Waals surface area contributed by atoms with E-state index in [0.717, 1.165) is 11.7 Å². The molecule has 1 aromatic heterocycles. The fourth-order valence-corrected chi connectivity index (χ4v) is 1.28. The van der Waals surface area contributed by atoms with Crippen LogP contribution in [0.3, 0.4) is 0 Å². The summed E-state index contributed by atoms with van der Waals surface area (Å²) in [6.45, 7) is 0. The molecule has 0 fully saturated rings. The molecule has 0 unspecified atom stereocenters. The Labute approximate surface area is 93.2 Å². The van der Waals surface area contributed by atoms with Crippen molar-refractivity contribution in [2.75, 3.05) is 0 Å². The van der Waals surface area contributed by atoms with E-state index in [1.165, 1.54) is 6.20 Å². The van der Waals surface area contributed by atoms with Gasteiger partial charge in [-0.3, -0.25) is 9.59 Å². The van der Waals surface area contributed by atoms with Gasteiger partial charge in [0.15, 0.2) is 5.69 Å². The van der Waals surface area contributed by atoms with Gasteiger partial charge in [0.05, 0.1) is 24.3 Å². The van der Waals surface area contributed by atoms with Gasteiger partial charge in [-0.05, 0) is 0 Å². The van der Waals surface area contributed by atoms with E-state index in [4.69, 9.17) is 10.2 Å². The van der Waals surface area contributed by atoms with Crippen LogP contribution in [0.2, 0.25) is 0 Å². The van der Waals surface area contributed by atoms with Crippen molar-refractivity contribution in [1.29, 1.82) is 0 Å². The van der Waals surface area contributed by atoms with Gasteiger partial charge in [0, 0.05) is 0 Å². The third kappa shape index (κ3) is 3.28. The second-order valence-electron chi connectivity index (χ2n) is 2.75. The predicted octanol–water partition coefficient (Wildman–Crippen LogP) is -0.804. The summed E-state index contributed by atoms with van der Waals surface area (Å²) in [5, 5.41) is 19.1. The number of nitrogens with zero attached hydrogens (tertiary/aromatic N) is 2. The molecule has 9 heteroatoms. The Morgan fingerprint density at radius 1 is 1.44 bits per heavy atom. The molecule has 8 nitrogen and oxygen atoms in total. The minimum atomic E-state index is -1.48. The highest BCUT2D eigenvalue weighted by Crippen LogP contribution is 1.98. The summed E-state index contributed by atoms with van der Waals surface area (Å²) in [5.74, 6) is -3.49. The number of nitrogens with one attached hydrogen (secondary N) is 1. The van der Waals surface area contributed by atoms with Gasteiger partial charge in [-0.15, -0.1) is 0 Å². The number of hydrogen-bond donors (Lipinski definition) is 3. The third-order valence-electron chi connectivity index (χ3n) is 1.58. The van der Waals surface area contributed by atoms with Gasteiger partial charge >= 0.3 is 11.9 Å². The maximum absolute atomic E-state index is 11.3. The maximum Gasteiger partial charge on any atom is 0.326 e. The average molecular weight is 245 g/mol. The average Bonchev–Trinajstić information content (AvgIpc) is 2.68. The quantitative estimate of drug-likeness (QED) is 0.618. The molecule has 1 aromatic rings. The molecule has 0 aliphatic rings. The van der Waals surface area contributed by atoms with E-state index < -0.39 is 30.3 Å². The first kappa shape index (κ1) is 12.0. The monoisotopic (exact) mass is 245 g/mol. The molecule has 3 N–H and O–H groups in total. The number of carboxylic acid groups (broad SMARTS) is 2. The normalized spacial score (nSPS) is 11.8. The smallest absolute Gasteiger partial charge is 0.326 e. The van der Waals surface area contributed by atoms with Gasteiger partial charge in [-0.25, -0.2) is 4.79 Å². The first-order valence-corrected chi connectivity index (χ1v) is 4.76. The van der Waals surface area contributed by atoms with Crippen molar-refractivity contribution in [3.05, 3.63) is 11.9 Å². The Bertz CT molecular complexity index is 404. The lowest BCUT2D eigenvalue weighted by atomic mass is 10.2. The summed E-state index contributed by atoms with van der Waals surface area (Å²) >= 11 is 0.793. The molecule has 1 rings (SSSR count). The zero-order chi connectivity index (χ0) is 12.1. The molecule has 0 radical (unpaired) electrons. The molecule has 0 aromatic carbocycles. The van der Waals surface area contributed by atoms with Crippen molar-refractivity contribution in [2.24, 2.45) is 0 Å². The molecule has 0 bridgehead atoms. The highest BCUT2D eigenvalue weighted by atomic mass is 32.1. The van der Waals surface area contributed by atoms with Crippen molar-refractivity contribution < 1.29 is 24.6 Å². The summed E-state index contributed by atoms with van der Waals surface area (Å²) in [7, 11) is 0. The lowest BCUT2D eigenvalue weighted by molar-refractivity contribution is -0.145. The van der Waals surface area contributed by atoms with Crippen molar-refractivity contribution in [2.45, 2.75) is 12.5 Å². The molecule has 1 amide bonds. The molecule has 0 spiro atoms. The van der Waals surface area contributed by atoms with Crippen LogP contribution >= 0.6 is 11.7 Å². The number of amides is 1. The Kier molecular flexibility index (Phi) is 3.89. The van der Waals surface area contributed by atoms with Crippen molar-refractivity contribution in [3.63, 3.8) is 0 Å². The number of rotatable bonds is 5. The minimum absolute atomic E-state index is 0.0401. The number of aliphatic carboxylic acids is 2. The van der Waals surface area contributed by atoms with Crippen molar-refractivity contribution >= 4 is 29.6 Å². The number of carbonyl (C=O) groups is 3. The number of carboxylic acids is 2. The Morgan fingerprint density at radius 3 is 2.56 bits per heavy atom. The molecule has 0 aliphatic heterocycles. The first-order chi connectivity index (χ1) is 7.50. The summed E-state index contributed by atoms with van der Waals surface area (Å²) in [5.41, 5.74) is -0.0401. The number of carbonyl (C=O) groups excluding carboxylic acids is 1. The fraction of sp³-hybridized carbons (Fsp3) is 0.286. The van der Waals surface area contributed by atoms with E-state index >= 15 is 0 Å². The van der Waals surface area contributed by atoms with Crippen LogP contribution in [0.25, 0.3) is 0 Å². The molecule has 86 valence electrons. The second-order valence-corrected chi connectivity index (χ2v) is 3.31. The SMILES string of the molecule is O=C(O)C[C@H](NC(=O)c1cnsn1)C(=O)O. The molecule has 0 saturated heterocycles. The van der Waals surface area contributed by atoms with Crippen LogP contribution in [0, 0.1) is 0 Å². The second kappa shape index (κ2) is 5.16. The summed E-state index contributed by atoms with van der Waals surface area (Å²) < 4.78 is 7.15.